The van der Waals surface area contributed by atoms with Gasteiger partial charge in [0.2, 0.25) is 10.0 Å². The molecule has 0 heterocycles. The molecule has 1 aromatic carbocycles. The molecule has 5 nitrogen and oxygen atoms in total. The van der Waals surface area contributed by atoms with Crippen molar-refractivity contribution in [1.29, 1.82) is 0 Å². The number of halogens is 1. The molecule has 1 rings (SSSR count). The fraction of sp³-hybridized carbons (Fsp3) is 0.462. The molecule has 1 aromatic rings. The Kier molecular flexibility index (Phi) is 5.34. The Hall–Kier alpha value is -0.920. The highest BCUT2D eigenvalue weighted by Crippen LogP contribution is 2.22. The zero-order valence-corrected chi connectivity index (χ0v) is 14.1. The summed E-state index contributed by atoms with van der Waals surface area (Å²) in [6.45, 7) is 6.66. The molecule has 3 N–H and O–H groups in total. The number of nitrogens with one attached hydrogen (secondary N) is 1. The summed E-state index contributed by atoms with van der Waals surface area (Å²) >= 11 is 3.11. The maximum atomic E-state index is 12.0. The molecule has 0 aliphatic heterocycles. The van der Waals surface area contributed by atoms with Gasteiger partial charge in [0, 0.05) is 16.6 Å². The van der Waals surface area contributed by atoms with Crippen molar-refractivity contribution in [2.24, 2.45) is 10.6 Å². The third-order valence-electron chi connectivity index (χ3n) is 3.18. The van der Waals surface area contributed by atoms with Gasteiger partial charge in [-0.3, -0.25) is 4.79 Å². The van der Waals surface area contributed by atoms with Crippen molar-refractivity contribution < 1.29 is 13.2 Å². The minimum Gasteiger partial charge on any atom is -0.352 e. The molecule has 0 radical (unpaired) electrons. The minimum absolute atomic E-state index is 0.00615. The van der Waals surface area contributed by atoms with E-state index in [2.05, 4.69) is 21.2 Å². The fourth-order valence-corrected chi connectivity index (χ4v) is 2.96. The van der Waals surface area contributed by atoms with Crippen molar-refractivity contribution in [3.05, 3.63) is 28.2 Å². The number of nitrogens with two attached hydrogens (primary N) is 1. The Balaban J connectivity index is 2.96. The third kappa shape index (κ3) is 4.57. The first kappa shape index (κ1) is 17.1. The Morgan fingerprint density at radius 2 is 2.00 bits per heavy atom. The molecule has 0 aliphatic carbocycles. The molecule has 0 spiro atoms. The largest absolute Gasteiger partial charge is 0.352 e. The van der Waals surface area contributed by atoms with Gasteiger partial charge in [0.15, 0.2) is 0 Å². The Bertz CT molecular complexity index is 612. The van der Waals surface area contributed by atoms with Crippen LogP contribution >= 0.6 is 15.9 Å². The van der Waals surface area contributed by atoms with Crippen LogP contribution in [-0.4, -0.2) is 20.9 Å². The molecule has 0 saturated carbocycles. The molecule has 112 valence electrons. The number of amides is 1. The van der Waals surface area contributed by atoms with Crippen molar-refractivity contribution in [1.82, 2.24) is 5.32 Å². The summed E-state index contributed by atoms with van der Waals surface area (Å²) in [6, 6.07) is 4.32. The van der Waals surface area contributed by atoms with Gasteiger partial charge in [0.25, 0.3) is 5.91 Å². The van der Waals surface area contributed by atoms with Crippen LogP contribution in [0.25, 0.3) is 0 Å². The Morgan fingerprint density at radius 1 is 1.40 bits per heavy atom. The number of sulfonamides is 1. The van der Waals surface area contributed by atoms with Crippen molar-refractivity contribution in [2.75, 3.05) is 6.54 Å². The summed E-state index contributed by atoms with van der Waals surface area (Å²) in [5.41, 5.74) is 0.262. The van der Waals surface area contributed by atoms with Gasteiger partial charge in [-0.1, -0.05) is 20.8 Å². The van der Waals surface area contributed by atoms with Gasteiger partial charge in [-0.15, -0.1) is 0 Å². The van der Waals surface area contributed by atoms with Crippen molar-refractivity contribution >= 4 is 31.9 Å². The first-order valence-electron chi connectivity index (χ1n) is 6.17. The lowest BCUT2D eigenvalue weighted by atomic mass is 9.90. The lowest BCUT2D eigenvalue weighted by Crippen LogP contribution is -2.33. The number of carbonyl (C=O) groups excluding carboxylic acids is 1. The van der Waals surface area contributed by atoms with Gasteiger partial charge >= 0.3 is 0 Å². The number of carbonyl (C=O) groups is 1. The van der Waals surface area contributed by atoms with Gasteiger partial charge in [-0.2, -0.15) is 0 Å². The fourth-order valence-electron chi connectivity index (χ4n) is 1.41. The smallest absolute Gasteiger partial charge is 0.251 e. The summed E-state index contributed by atoms with van der Waals surface area (Å²) in [6.07, 6.45) is 0.927. The topological polar surface area (TPSA) is 89.3 Å². The van der Waals surface area contributed by atoms with Crippen LogP contribution in [0.15, 0.2) is 27.6 Å². The van der Waals surface area contributed by atoms with Gasteiger partial charge < -0.3 is 5.32 Å². The maximum Gasteiger partial charge on any atom is 0.251 e. The molecule has 0 bridgehead atoms. The number of hydrogen-bond donors (Lipinski definition) is 2. The predicted molar refractivity (Wildman–Crippen MR) is 81.9 cm³/mol. The minimum atomic E-state index is -3.86. The highest BCUT2D eigenvalue weighted by atomic mass is 79.9. The van der Waals surface area contributed by atoms with E-state index in [1.807, 2.05) is 20.8 Å². The number of hydrogen-bond acceptors (Lipinski definition) is 3. The molecule has 1 amide bonds. The summed E-state index contributed by atoms with van der Waals surface area (Å²) in [5.74, 6) is -0.316. The lowest BCUT2D eigenvalue weighted by Gasteiger charge is -2.22. The molecule has 0 aliphatic rings. The summed E-state index contributed by atoms with van der Waals surface area (Å²) in [5, 5.41) is 7.90. The van der Waals surface area contributed by atoms with Crippen LogP contribution < -0.4 is 10.5 Å². The summed E-state index contributed by atoms with van der Waals surface area (Å²) in [4.78, 5) is 11.9. The van der Waals surface area contributed by atoms with E-state index < -0.39 is 10.0 Å². The lowest BCUT2D eigenvalue weighted by molar-refractivity contribution is 0.0935. The molecule has 0 aromatic heterocycles. The van der Waals surface area contributed by atoms with E-state index in [0.717, 1.165) is 6.42 Å². The number of rotatable bonds is 5. The second kappa shape index (κ2) is 6.24. The number of benzene rings is 1. The van der Waals surface area contributed by atoms with Gasteiger partial charge in [0.1, 0.15) is 0 Å². The van der Waals surface area contributed by atoms with E-state index in [1.54, 1.807) is 6.07 Å². The van der Waals surface area contributed by atoms with Crippen LogP contribution in [0.3, 0.4) is 0 Å². The van der Waals surface area contributed by atoms with E-state index >= 15 is 0 Å². The second-order valence-electron chi connectivity index (χ2n) is 5.39. The molecule has 0 fully saturated rings. The second-order valence-corrected chi connectivity index (χ2v) is 7.77. The quantitative estimate of drug-likeness (QED) is 0.841. The SMILES string of the molecule is CCC(C)(C)CNC(=O)c1ccc(Br)c(S(N)(=O)=O)c1. The first-order valence-corrected chi connectivity index (χ1v) is 8.51. The monoisotopic (exact) mass is 362 g/mol. The van der Waals surface area contributed by atoms with Gasteiger partial charge in [0.05, 0.1) is 4.90 Å². The highest BCUT2D eigenvalue weighted by molar-refractivity contribution is 9.10. The average Bonchev–Trinajstić information content (AvgIpc) is 2.35. The van der Waals surface area contributed by atoms with Crippen molar-refractivity contribution in [3.63, 3.8) is 0 Å². The van der Waals surface area contributed by atoms with E-state index in [4.69, 9.17) is 5.14 Å². The average molecular weight is 363 g/mol. The normalized spacial score (nSPS) is 12.2. The summed E-state index contributed by atoms with van der Waals surface area (Å²) in [7, 11) is -3.86. The van der Waals surface area contributed by atoms with E-state index in [0.29, 0.717) is 11.0 Å². The standard InChI is InChI=1S/C13H19BrN2O3S/c1-4-13(2,3)8-16-12(17)9-5-6-10(14)11(7-9)20(15,18)19/h5-7H,4,8H2,1-3H3,(H,16,17)(H2,15,18,19). The first-order chi connectivity index (χ1) is 9.07. The van der Waals surface area contributed by atoms with Crippen LogP contribution in [0.4, 0.5) is 0 Å². The molecule has 0 atom stereocenters. The van der Waals surface area contributed by atoms with E-state index in [9.17, 15) is 13.2 Å². The predicted octanol–water partition coefficient (Wildman–Crippen LogP) is 2.26. The maximum absolute atomic E-state index is 12.0. The van der Waals surface area contributed by atoms with Crippen LogP contribution in [-0.2, 0) is 10.0 Å². The molecule has 20 heavy (non-hydrogen) atoms. The van der Waals surface area contributed by atoms with E-state index in [1.165, 1.54) is 12.1 Å². The van der Waals surface area contributed by atoms with Crippen LogP contribution in [0.2, 0.25) is 0 Å². The third-order valence-corrected chi connectivity index (χ3v) is 5.09. The van der Waals surface area contributed by atoms with Gasteiger partial charge in [-0.05, 0) is 46.0 Å². The molecular formula is C13H19BrN2O3S. The zero-order valence-electron chi connectivity index (χ0n) is 11.7. The molecule has 0 unspecified atom stereocenters. The van der Waals surface area contributed by atoms with Crippen molar-refractivity contribution in [2.45, 2.75) is 32.1 Å². The molecule has 7 heteroatoms. The molecule has 0 saturated heterocycles. The summed E-state index contributed by atoms with van der Waals surface area (Å²) < 4.78 is 23.2. The Morgan fingerprint density at radius 3 is 2.50 bits per heavy atom. The zero-order chi connectivity index (χ0) is 15.6. The highest BCUT2D eigenvalue weighted by Gasteiger charge is 2.19. The van der Waals surface area contributed by atoms with Crippen LogP contribution in [0.5, 0.6) is 0 Å². The van der Waals surface area contributed by atoms with Crippen molar-refractivity contribution in [3.8, 4) is 0 Å². The number of primary sulfonamides is 1. The Labute approximate surface area is 128 Å². The molecular weight excluding hydrogens is 344 g/mol. The van der Waals surface area contributed by atoms with Crippen LogP contribution in [0, 0.1) is 5.41 Å². The van der Waals surface area contributed by atoms with E-state index in [-0.39, 0.29) is 21.8 Å². The van der Waals surface area contributed by atoms with Gasteiger partial charge in [-0.25, -0.2) is 13.6 Å². The van der Waals surface area contributed by atoms with Crippen LogP contribution in [0.1, 0.15) is 37.6 Å².